The van der Waals surface area contributed by atoms with E-state index in [-0.39, 0.29) is 22.9 Å². The van der Waals surface area contributed by atoms with E-state index in [1.54, 1.807) is 24.3 Å². The molecular formula is C13H17BrClNO2. The number of rotatable bonds is 5. The third kappa shape index (κ3) is 4.86. The molecule has 0 heterocycles. The topological polar surface area (TPSA) is 38.3 Å². The van der Waals surface area contributed by atoms with E-state index in [1.807, 2.05) is 20.8 Å². The summed E-state index contributed by atoms with van der Waals surface area (Å²) >= 11 is 9.28. The van der Waals surface area contributed by atoms with Gasteiger partial charge in [0, 0.05) is 15.4 Å². The van der Waals surface area contributed by atoms with Gasteiger partial charge in [-0.1, -0.05) is 40.5 Å². The summed E-state index contributed by atoms with van der Waals surface area (Å²) in [7, 11) is 0. The molecule has 5 heteroatoms. The predicted octanol–water partition coefficient (Wildman–Crippen LogP) is 3.40. The number of carbonyl (C=O) groups is 1. The highest BCUT2D eigenvalue weighted by Crippen LogP contribution is 2.18. The molecule has 0 aliphatic rings. The summed E-state index contributed by atoms with van der Waals surface area (Å²) < 4.78 is 5.36. The molecule has 0 bridgehead atoms. The molecule has 1 rings (SSSR count). The summed E-state index contributed by atoms with van der Waals surface area (Å²) in [6.07, 6.45) is 0. The Morgan fingerprint density at radius 2 is 2.22 bits per heavy atom. The molecule has 3 nitrogen and oxygen atoms in total. The Bertz CT molecular complexity index is 421. The van der Waals surface area contributed by atoms with Crippen molar-refractivity contribution in [2.24, 2.45) is 0 Å². The monoisotopic (exact) mass is 333 g/mol. The largest absolute Gasteiger partial charge is 0.484 e. The molecule has 0 radical (unpaired) electrons. The van der Waals surface area contributed by atoms with Gasteiger partial charge in [0.25, 0.3) is 5.91 Å². The molecule has 0 spiro atoms. The van der Waals surface area contributed by atoms with Crippen LogP contribution in [0.1, 0.15) is 20.8 Å². The fourth-order valence-electron chi connectivity index (χ4n) is 1.20. The van der Waals surface area contributed by atoms with Crippen LogP contribution in [0, 0.1) is 0 Å². The number of carbonyl (C=O) groups excluding carboxylic acids is 1. The van der Waals surface area contributed by atoms with Crippen molar-refractivity contribution >= 4 is 33.4 Å². The number of halogens is 2. The van der Waals surface area contributed by atoms with Crippen LogP contribution in [0.15, 0.2) is 24.3 Å². The van der Waals surface area contributed by atoms with E-state index in [1.165, 1.54) is 0 Å². The van der Waals surface area contributed by atoms with Crippen LogP contribution in [0.4, 0.5) is 0 Å². The molecule has 0 fully saturated rings. The maximum atomic E-state index is 11.7. The number of benzene rings is 1. The molecule has 1 atom stereocenters. The molecule has 0 saturated carbocycles. The minimum Gasteiger partial charge on any atom is -0.484 e. The third-order valence-electron chi connectivity index (χ3n) is 2.62. The van der Waals surface area contributed by atoms with Crippen molar-refractivity contribution in [2.75, 3.05) is 6.61 Å². The molecular weight excluding hydrogens is 318 g/mol. The number of hydrogen-bond donors (Lipinski definition) is 1. The van der Waals surface area contributed by atoms with Gasteiger partial charge in [0.05, 0.1) is 0 Å². The minimum atomic E-state index is -0.325. The standard InChI is InChI=1S/C13H17BrClNO2/c1-9(14)13(2,3)16-12(17)8-18-11-6-4-5-10(15)7-11/h4-7,9H,8H2,1-3H3,(H,16,17). The highest BCUT2D eigenvalue weighted by molar-refractivity contribution is 9.09. The molecule has 0 aromatic heterocycles. The number of hydrogen-bond acceptors (Lipinski definition) is 2. The van der Waals surface area contributed by atoms with Crippen LogP contribution >= 0.6 is 27.5 Å². The Balaban J connectivity index is 2.47. The number of alkyl halides is 1. The summed E-state index contributed by atoms with van der Waals surface area (Å²) in [5.74, 6) is 0.425. The van der Waals surface area contributed by atoms with E-state index in [4.69, 9.17) is 16.3 Å². The maximum absolute atomic E-state index is 11.7. The average molecular weight is 335 g/mol. The van der Waals surface area contributed by atoms with Crippen LogP contribution in [-0.4, -0.2) is 22.9 Å². The molecule has 1 amide bonds. The molecule has 1 aromatic rings. The molecule has 1 aromatic carbocycles. The molecule has 0 saturated heterocycles. The summed E-state index contributed by atoms with van der Waals surface area (Å²) in [6.45, 7) is 5.86. The van der Waals surface area contributed by atoms with Gasteiger partial charge in [-0.15, -0.1) is 0 Å². The normalized spacial score (nSPS) is 12.9. The Morgan fingerprint density at radius 3 is 2.78 bits per heavy atom. The average Bonchev–Trinajstić information content (AvgIpc) is 2.25. The van der Waals surface area contributed by atoms with Crippen molar-refractivity contribution in [1.82, 2.24) is 5.32 Å². The molecule has 18 heavy (non-hydrogen) atoms. The second kappa shape index (κ2) is 6.43. The molecule has 1 N–H and O–H groups in total. The van der Waals surface area contributed by atoms with Crippen molar-refractivity contribution < 1.29 is 9.53 Å². The number of ether oxygens (including phenoxy) is 1. The lowest BCUT2D eigenvalue weighted by molar-refractivity contribution is -0.124. The van der Waals surface area contributed by atoms with Crippen molar-refractivity contribution in [1.29, 1.82) is 0 Å². The first-order valence-electron chi connectivity index (χ1n) is 5.65. The Hall–Kier alpha value is -0.740. The quantitative estimate of drug-likeness (QED) is 0.838. The highest BCUT2D eigenvalue weighted by Gasteiger charge is 2.25. The van der Waals surface area contributed by atoms with Gasteiger partial charge >= 0.3 is 0 Å². The van der Waals surface area contributed by atoms with E-state index >= 15 is 0 Å². The second-order valence-electron chi connectivity index (χ2n) is 4.63. The van der Waals surface area contributed by atoms with Crippen molar-refractivity contribution in [3.8, 4) is 5.75 Å². The fourth-order valence-corrected chi connectivity index (χ4v) is 1.50. The van der Waals surface area contributed by atoms with E-state index < -0.39 is 0 Å². The van der Waals surface area contributed by atoms with Crippen LogP contribution in [-0.2, 0) is 4.79 Å². The first kappa shape index (κ1) is 15.3. The van der Waals surface area contributed by atoms with Crippen LogP contribution in [0.5, 0.6) is 5.75 Å². The lowest BCUT2D eigenvalue weighted by atomic mass is 10.0. The Kier molecular flexibility index (Phi) is 5.47. The van der Waals surface area contributed by atoms with E-state index in [2.05, 4.69) is 21.2 Å². The smallest absolute Gasteiger partial charge is 0.258 e. The number of amides is 1. The van der Waals surface area contributed by atoms with Crippen LogP contribution in [0.2, 0.25) is 5.02 Å². The molecule has 0 aliphatic carbocycles. The molecule has 0 aliphatic heterocycles. The van der Waals surface area contributed by atoms with Crippen molar-refractivity contribution in [3.05, 3.63) is 29.3 Å². The maximum Gasteiger partial charge on any atom is 0.258 e. The zero-order chi connectivity index (χ0) is 13.8. The van der Waals surface area contributed by atoms with Gasteiger partial charge in [-0.05, 0) is 32.0 Å². The van der Waals surface area contributed by atoms with Gasteiger partial charge in [-0.3, -0.25) is 4.79 Å². The van der Waals surface area contributed by atoms with Gasteiger partial charge in [-0.2, -0.15) is 0 Å². The predicted molar refractivity (Wildman–Crippen MR) is 77.6 cm³/mol. The lowest BCUT2D eigenvalue weighted by Crippen LogP contribution is -2.50. The first-order chi connectivity index (χ1) is 8.31. The summed E-state index contributed by atoms with van der Waals surface area (Å²) in [5, 5.41) is 3.48. The first-order valence-corrected chi connectivity index (χ1v) is 6.94. The summed E-state index contributed by atoms with van der Waals surface area (Å²) in [4.78, 5) is 11.9. The second-order valence-corrected chi connectivity index (χ2v) is 6.44. The van der Waals surface area contributed by atoms with Gasteiger partial charge in [0.15, 0.2) is 6.61 Å². The van der Waals surface area contributed by atoms with Crippen LogP contribution in [0.25, 0.3) is 0 Å². The van der Waals surface area contributed by atoms with E-state index in [0.29, 0.717) is 10.8 Å². The van der Waals surface area contributed by atoms with Gasteiger partial charge in [-0.25, -0.2) is 0 Å². The Labute approximate surface area is 121 Å². The van der Waals surface area contributed by atoms with E-state index in [9.17, 15) is 4.79 Å². The summed E-state index contributed by atoms with van der Waals surface area (Å²) in [6, 6.07) is 6.97. The van der Waals surface area contributed by atoms with Gasteiger partial charge in [0.2, 0.25) is 0 Å². The Morgan fingerprint density at radius 1 is 1.56 bits per heavy atom. The van der Waals surface area contributed by atoms with Crippen LogP contribution < -0.4 is 10.1 Å². The zero-order valence-electron chi connectivity index (χ0n) is 10.7. The lowest BCUT2D eigenvalue weighted by Gasteiger charge is -2.29. The van der Waals surface area contributed by atoms with Crippen LogP contribution in [0.3, 0.4) is 0 Å². The van der Waals surface area contributed by atoms with Crippen molar-refractivity contribution in [3.63, 3.8) is 0 Å². The zero-order valence-corrected chi connectivity index (χ0v) is 13.0. The molecule has 1 unspecified atom stereocenters. The van der Waals surface area contributed by atoms with Gasteiger partial charge < -0.3 is 10.1 Å². The fraction of sp³-hybridized carbons (Fsp3) is 0.462. The summed E-state index contributed by atoms with van der Waals surface area (Å²) in [5.41, 5.74) is -0.325. The minimum absolute atomic E-state index is 0.0243. The number of nitrogens with one attached hydrogen (secondary N) is 1. The SMILES string of the molecule is CC(Br)C(C)(C)NC(=O)COc1cccc(Cl)c1. The van der Waals surface area contributed by atoms with E-state index in [0.717, 1.165) is 0 Å². The third-order valence-corrected chi connectivity index (χ3v) is 4.00. The van der Waals surface area contributed by atoms with Gasteiger partial charge in [0.1, 0.15) is 5.75 Å². The molecule has 100 valence electrons. The van der Waals surface area contributed by atoms with Crippen molar-refractivity contribution in [2.45, 2.75) is 31.1 Å². The highest BCUT2D eigenvalue weighted by atomic mass is 79.9.